The van der Waals surface area contributed by atoms with Crippen LogP contribution in [0, 0.1) is 0 Å². The second-order valence-corrected chi connectivity index (χ2v) is 9.55. The van der Waals surface area contributed by atoms with Gasteiger partial charge in [0.2, 0.25) is 5.50 Å². The molecule has 0 amide bonds. The van der Waals surface area contributed by atoms with Crippen LogP contribution >= 0.6 is 0 Å². The SMILES string of the molecule is CCCCCCCCCCCCCCOS(=O)(=O)C(F)CCCCCCC. The van der Waals surface area contributed by atoms with Crippen molar-refractivity contribution < 1.29 is 17.0 Å². The second kappa shape index (κ2) is 19.2. The fraction of sp³-hybridized carbons (Fsp3) is 1.00. The number of hydrogen-bond donors (Lipinski definition) is 0. The monoisotopic (exact) mass is 408 g/mol. The Morgan fingerprint density at radius 1 is 0.630 bits per heavy atom. The van der Waals surface area contributed by atoms with Crippen LogP contribution in [0.4, 0.5) is 4.39 Å². The predicted molar refractivity (Wildman–Crippen MR) is 114 cm³/mol. The zero-order valence-corrected chi connectivity index (χ0v) is 18.8. The summed E-state index contributed by atoms with van der Waals surface area (Å²) in [6, 6.07) is 0. The van der Waals surface area contributed by atoms with Gasteiger partial charge >= 0.3 is 0 Å². The largest absolute Gasteiger partial charge is 0.299 e. The third-order valence-electron chi connectivity index (χ3n) is 5.09. The molecule has 0 aromatic heterocycles. The van der Waals surface area contributed by atoms with E-state index in [9.17, 15) is 12.8 Å². The molecule has 1 atom stereocenters. The molecule has 0 spiro atoms. The predicted octanol–water partition coefficient (Wildman–Crippen LogP) is 7.69. The van der Waals surface area contributed by atoms with Crippen LogP contribution in [0.5, 0.6) is 0 Å². The van der Waals surface area contributed by atoms with E-state index in [1.54, 1.807) is 0 Å². The average molecular weight is 409 g/mol. The Balaban J connectivity index is 3.46. The highest BCUT2D eigenvalue weighted by Gasteiger charge is 2.25. The summed E-state index contributed by atoms with van der Waals surface area (Å²) < 4.78 is 42.2. The van der Waals surface area contributed by atoms with Gasteiger partial charge < -0.3 is 0 Å². The molecule has 0 radical (unpaired) electrons. The molecule has 0 bridgehead atoms. The van der Waals surface area contributed by atoms with E-state index in [1.165, 1.54) is 57.8 Å². The third-order valence-corrected chi connectivity index (χ3v) is 6.45. The number of halogens is 1. The highest BCUT2D eigenvalue weighted by Crippen LogP contribution is 2.17. The fourth-order valence-electron chi connectivity index (χ4n) is 3.24. The van der Waals surface area contributed by atoms with Gasteiger partial charge in [-0.15, -0.1) is 0 Å². The van der Waals surface area contributed by atoms with Crippen molar-refractivity contribution in [1.29, 1.82) is 0 Å². The minimum atomic E-state index is -4.03. The highest BCUT2D eigenvalue weighted by atomic mass is 32.2. The molecule has 1 unspecified atom stereocenters. The van der Waals surface area contributed by atoms with Gasteiger partial charge in [-0.05, 0) is 19.3 Å². The summed E-state index contributed by atoms with van der Waals surface area (Å²) >= 11 is 0. The Labute approximate surface area is 169 Å². The lowest BCUT2D eigenvalue weighted by molar-refractivity contribution is 0.270. The van der Waals surface area contributed by atoms with E-state index in [-0.39, 0.29) is 13.0 Å². The molecule has 0 fully saturated rings. The summed E-state index contributed by atoms with van der Waals surface area (Å²) in [6.07, 6.45) is 19.5. The summed E-state index contributed by atoms with van der Waals surface area (Å²) in [5.74, 6) is 0. The molecule has 0 aliphatic carbocycles. The van der Waals surface area contributed by atoms with E-state index >= 15 is 0 Å². The van der Waals surface area contributed by atoms with Crippen LogP contribution in [0.25, 0.3) is 0 Å². The minimum Gasteiger partial charge on any atom is -0.268 e. The van der Waals surface area contributed by atoms with Crippen molar-refractivity contribution >= 4 is 10.1 Å². The zero-order valence-electron chi connectivity index (χ0n) is 18.0. The number of alkyl halides is 1. The van der Waals surface area contributed by atoms with Crippen molar-refractivity contribution in [3.8, 4) is 0 Å². The minimum absolute atomic E-state index is 0.0600. The normalized spacial score (nSPS) is 13.1. The number of hydrogen-bond acceptors (Lipinski definition) is 3. The van der Waals surface area contributed by atoms with Crippen LogP contribution in [-0.2, 0) is 14.3 Å². The lowest BCUT2D eigenvalue weighted by atomic mass is 10.1. The average Bonchev–Trinajstić information content (AvgIpc) is 2.65. The molecule has 0 aliphatic rings. The first-order valence-electron chi connectivity index (χ1n) is 11.6. The van der Waals surface area contributed by atoms with E-state index in [2.05, 4.69) is 13.8 Å². The molecule has 0 N–H and O–H groups in total. The molecule has 0 saturated carbocycles. The molecule has 0 saturated heterocycles. The summed E-state index contributed by atoms with van der Waals surface area (Å²) in [5.41, 5.74) is -1.86. The third kappa shape index (κ3) is 17.7. The van der Waals surface area contributed by atoms with Gasteiger partial charge in [0.15, 0.2) is 0 Å². The maximum atomic E-state index is 13.8. The topological polar surface area (TPSA) is 43.4 Å². The molecule has 164 valence electrons. The standard InChI is InChI=1S/C22H45FO3S/c1-3-5-7-9-10-11-12-13-14-15-17-19-21-26-27(24,25)22(23)20-18-16-8-6-4-2/h22H,3-21H2,1-2H3. The van der Waals surface area contributed by atoms with E-state index in [1.807, 2.05) is 0 Å². The molecule has 5 heteroatoms. The lowest BCUT2D eigenvalue weighted by Gasteiger charge is -2.10. The van der Waals surface area contributed by atoms with E-state index in [4.69, 9.17) is 4.18 Å². The Hall–Kier alpha value is -0.160. The van der Waals surface area contributed by atoms with Crippen molar-refractivity contribution in [3.63, 3.8) is 0 Å². The van der Waals surface area contributed by atoms with Gasteiger partial charge in [-0.2, -0.15) is 8.42 Å². The Morgan fingerprint density at radius 3 is 1.44 bits per heavy atom. The van der Waals surface area contributed by atoms with Crippen LogP contribution in [0.3, 0.4) is 0 Å². The summed E-state index contributed by atoms with van der Waals surface area (Å²) in [4.78, 5) is 0. The maximum Gasteiger partial charge on any atom is 0.299 e. The summed E-state index contributed by atoms with van der Waals surface area (Å²) in [6.45, 7) is 4.48. The van der Waals surface area contributed by atoms with Gasteiger partial charge in [-0.25, -0.2) is 4.39 Å². The van der Waals surface area contributed by atoms with E-state index in [0.717, 1.165) is 38.5 Å². The van der Waals surface area contributed by atoms with Gasteiger partial charge in [0.25, 0.3) is 10.1 Å². The molecule has 0 aromatic rings. The van der Waals surface area contributed by atoms with Gasteiger partial charge in [-0.3, -0.25) is 4.18 Å². The van der Waals surface area contributed by atoms with Crippen LogP contribution in [-0.4, -0.2) is 20.5 Å². The number of unbranched alkanes of at least 4 members (excludes halogenated alkanes) is 15. The molecule has 0 aliphatic heterocycles. The smallest absolute Gasteiger partial charge is 0.268 e. The zero-order chi connectivity index (χ0) is 20.2. The maximum absolute atomic E-state index is 13.8. The molecule has 0 aromatic carbocycles. The second-order valence-electron chi connectivity index (χ2n) is 7.82. The quantitative estimate of drug-likeness (QED) is 0.144. The van der Waals surface area contributed by atoms with E-state index < -0.39 is 15.6 Å². The number of rotatable bonds is 21. The molecule has 3 nitrogen and oxygen atoms in total. The Morgan fingerprint density at radius 2 is 1.00 bits per heavy atom. The van der Waals surface area contributed by atoms with Crippen LogP contribution in [0.15, 0.2) is 0 Å². The van der Waals surface area contributed by atoms with Gasteiger partial charge in [0, 0.05) is 0 Å². The Kier molecular flexibility index (Phi) is 19.1. The Bertz CT molecular complexity index is 398. The molecule has 27 heavy (non-hydrogen) atoms. The van der Waals surface area contributed by atoms with E-state index in [0.29, 0.717) is 12.8 Å². The summed E-state index contributed by atoms with van der Waals surface area (Å²) in [5, 5.41) is 0. The fourth-order valence-corrected chi connectivity index (χ4v) is 4.20. The van der Waals surface area contributed by atoms with Crippen molar-refractivity contribution in [2.45, 2.75) is 135 Å². The van der Waals surface area contributed by atoms with Gasteiger partial charge in [0.05, 0.1) is 6.61 Å². The first kappa shape index (κ1) is 26.8. The summed E-state index contributed by atoms with van der Waals surface area (Å²) in [7, 11) is -4.03. The van der Waals surface area contributed by atoms with Crippen molar-refractivity contribution in [1.82, 2.24) is 0 Å². The molecule has 0 heterocycles. The van der Waals surface area contributed by atoms with Crippen LogP contribution in [0.2, 0.25) is 0 Å². The molecular formula is C22H45FO3S. The molecule has 0 rings (SSSR count). The van der Waals surface area contributed by atoms with Crippen molar-refractivity contribution in [2.24, 2.45) is 0 Å². The van der Waals surface area contributed by atoms with Crippen molar-refractivity contribution in [3.05, 3.63) is 0 Å². The first-order valence-corrected chi connectivity index (χ1v) is 13.0. The highest BCUT2D eigenvalue weighted by molar-refractivity contribution is 7.87. The van der Waals surface area contributed by atoms with Gasteiger partial charge in [-0.1, -0.05) is 110 Å². The van der Waals surface area contributed by atoms with Crippen LogP contribution < -0.4 is 0 Å². The van der Waals surface area contributed by atoms with Gasteiger partial charge in [0.1, 0.15) is 0 Å². The molecular weight excluding hydrogens is 363 g/mol. The first-order chi connectivity index (χ1) is 13.0. The lowest BCUT2D eigenvalue weighted by Crippen LogP contribution is -2.19. The van der Waals surface area contributed by atoms with Crippen molar-refractivity contribution in [2.75, 3.05) is 6.61 Å². The van der Waals surface area contributed by atoms with Crippen LogP contribution in [0.1, 0.15) is 129 Å².